The standard InChI is InChI=1S/C20H16ClF3N2O3/c1-29-18(27)10-16(11-3-2-4-14(21)7-11)26-19(28)17-8-12-5-6-13(20(22,23)24)9-15(12)25-17/h2-9,16,25H,10H2,1H3,(H,26,28). The number of carbonyl (C=O) groups is 2. The number of fused-ring (bicyclic) bond motifs is 1. The van der Waals surface area contributed by atoms with Crippen molar-refractivity contribution in [3.8, 4) is 0 Å². The summed E-state index contributed by atoms with van der Waals surface area (Å²) in [6, 6.07) is 10.5. The van der Waals surface area contributed by atoms with Gasteiger partial charge >= 0.3 is 12.1 Å². The molecule has 3 aromatic rings. The highest BCUT2D eigenvalue weighted by atomic mass is 35.5. The fourth-order valence-electron chi connectivity index (χ4n) is 2.89. The monoisotopic (exact) mass is 424 g/mol. The van der Waals surface area contributed by atoms with Crippen molar-refractivity contribution < 1.29 is 27.5 Å². The second-order valence-corrected chi connectivity index (χ2v) is 6.78. The molecule has 29 heavy (non-hydrogen) atoms. The maximum absolute atomic E-state index is 12.9. The number of ether oxygens (including phenoxy) is 1. The molecule has 3 rings (SSSR count). The Morgan fingerprint density at radius 3 is 2.59 bits per heavy atom. The number of nitrogens with one attached hydrogen (secondary N) is 2. The molecule has 1 amide bonds. The van der Waals surface area contributed by atoms with E-state index in [0.29, 0.717) is 16.0 Å². The van der Waals surface area contributed by atoms with Gasteiger partial charge in [-0.3, -0.25) is 9.59 Å². The molecule has 0 fully saturated rings. The Balaban J connectivity index is 1.88. The van der Waals surface area contributed by atoms with E-state index in [9.17, 15) is 22.8 Å². The first-order valence-corrected chi connectivity index (χ1v) is 8.88. The van der Waals surface area contributed by atoms with Crippen LogP contribution in [0.3, 0.4) is 0 Å². The first kappa shape index (κ1) is 20.7. The van der Waals surface area contributed by atoms with Crippen LogP contribution < -0.4 is 5.32 Å². The summed E-state index contributed by atoms with van der Waals surface area (Å²) in [4.78, 5) is 27.1. The van der Waals surface area contributed by atoms with Gasteiger partial charge in [0.1, 0.15) is 5.69 Å². The first-order chi connectivity index (χ1) is 13.7. The van der Waals surface area contributed by atoms with Crippen LogP contribution in [-0.4, -0.2) is 24.0 Å². The summed E-state index contributed by atoms with van der Waals surface area (Å²) in [6.45, 7) is 0. The van der Waals surface area contributed by atoms with Crippen molar-refractivity contribution in [2.24, 2.45) is 0 Å². The Kier molecular flexibility index (Phi) is 5.83. The van der Waals surface area contributed by atoms with Gasteiger partial charge in [0.25, 0.3) is 5.91 Å². The number of esters is 1. The number of aromatic nitrogens is 1. The fraction of sp³-hybridized carbons (Fsp3) is 0.200. The van der Waals surface area contributed by atoms with Gasteiger partial charge in [-0.05, 0) is 35.9 Å². The highest BCUT2D eigenvalue weighted by molar-refractivity contribution is 6.30. The number of H-pyrrole nitrogens is 1. The number of aromatic amines is 1. The average molecular weight is 425 g/mol. The molecule has 0 bridgehead atoms. The third-order valence-electron chi connectivity index (χ3n) is 4.35. The quantitative estimate of drug-likeness (QED) is 0.574. The van der Waals surface area contributed by atoms with Gasteiger partial charge in [-0.15, -0.1) is 0 Å². The summed E-state index contributed by atoms with van der Waals surface area (Å²) in [6.07, 6.45) is -4.62. The van der Waals surface area contributed by atoms with Crippen LogP contribution in [0.25, 0.3) is 10.9 Å². The zero-order chi connectivity index (χ0) is 21.2. The Morgan fingerprint density at radius 1 is 1.17 bits per heavy atom. The van der Waals surface area contributed by atoms with Crippen molar-refractivity contribution in [2.75, 3.05) is 7.11 Å². The summed E-state index contributed by atoms with van der Waals surface area (Å²) >= 11 is 5.99. The van der Waals surface area contributed by atoms with E-state index in [2.05, 4.69) is 15.0 Å². The Morgan fingerprint density at radius 2 is 1.93 bits per heavy atom. The lowest BCUT2D eigenvalue weighted by Crippen LogP contribution is -2.30. The average Bonchev–Trinajstić information content (AvgIpc) is 3.10. The van der Waals surface area contributed by atoms with Crippen LogP contribution in [0.1, 0.15) is 34.1 Å². The lowest BCUT2D eigenvalue weighted by atomic mass is 10.0. The van der Waals surface area contributed by atoms with Crippen molar-refractivity contribution in [2.45, 2.75) is 18.6 Å². The fourth-order valence-corrected chi connectivity index (χ4v) is 3.09. The van der Waals surface area contributed by atoms with Crippen molar-refractivity contribution in [1.82, 2.24) is 10.3 Å². The van der Waals surface area contributed by atoms with Crippen molar-refractivity contribution in [3.63, 3.8) is 0 Å². The molecule has 1 aromatic heterocycles. The number of hydrogen-bond acceptors (Lipinski definition) is 3. The smallest absolute Gasteiger partial charge is 0.416 e. The predicted molar refractivity (Wildman–Crippen MR) is 102 cm³/mol. The highest BCUT2D eigenvalue weighted by Gasteiger charge is 2.30. The molecule has 152 valence electrons. The van der Waals surface area contributed by atoms with Gasteiger partial charge in [0.05, 0.1) is 25.1 Å². The summed E-state index contributed by atoms with van der Waals surface area (Å²) in [5, 5.41) is 3.58. The lowest BCUT2D eigenvalue weighted by Gasteiger charge is -2.18. The zero-order valence-electron chi connectivity index (χ0n) is 15.1. The Bertz CT molecular complexity index is 1060. The van der Waals surface area contributed by atoms with E-state index in [-0.39, 0.29) is 17.6 Å². The van der Waals surface area contributed by atoms with Gasteiger partial charge in [-0.1, -0.05) is 29.8 Å². The van der Waals surface area contributed by atoms with Gasteiger partial charge in [0.15, 0.2) is 0 Å². The molecule has 0 aliphatic rings. The maximum atomic E-state index is 12.9. The van der Waals surface area contributed by atoms with Crippen LogP contribution >= 0.6 is 11.6 Å². The zero-order valence-corrected chi connectivity index (χ0v) is 15.9. The molecule has 1 unspecified atom stereocenters. The third kappa shape index (κ3) is 4.89. The number of methoxy groups -OCH3 is 1. The molecule has 0 saturated carbocycles. The van der Waals surface area contributed by atoms with E-state index >= 15 is 0 Å². The minimum Gasteiger partial charge on any atom is -0.469 e. The minimum absolute atomic E-state index is 0.0659. The molecule has 0 radical (unpaired) electrons. The van der Waals surface area contributed by atoms with Gasteiger partial charge < -0.3 is 15.0 Å². The summed E-state index contributed by atoms with van der Waals surface area (Å²) < 4.78 is 43.3. The number of halogens is 4. The van der Waals surface area contributed by atoms with Crippen LogP contribution in [0.4, 0.5) is 13.2 Å². The van der Waals surface area contributed by atoms with Crippen molar-refractivity contribution >= 4 is 34.4 Å². The lowest BCUT2D eigenvalue weighted by molar-refractivity contribution is -0.141. The van der Waals surface area contributed by atoms with Crippen LogP contribution in [-0.2, 0) is 15.7 Å². The molecular weight excluding hydrogens is 409 g/mol. The molecule has 9 heteroatoms. The Labute approximate surface area is 168 Å². The molecule has 1 atom stereocenters. The summed E-state index contributed by atoms with van der Waals surface area (Å²) in [5.41, 5.74) is 0.0153. The van der Waals surface area contributed by atoms with Gasteiger partial charge in [0.2, 0.25) is 0 Å². The maximum Gasteiger partial charge on any atom is 0.416 e. The Hall–Kier alpha value is -3.00. The van der Waals surface area contributed by atoms with Gasteiger partial charge in [-0.2, -0.15) is 13.2 Å². The van der Waals surface area contributed by atoms with Crippen LogP contribution in [0.15, 0.2) is 48.5 Å². The van der Waals surface area contributed by atoms with Crippen LogP contribution in [0, 0.1) is 0 Å². The van der Waals surface area contributed by atoms with E-state index in [1.807, 2.05) is 0 Å². The minimum atomic E-state index is -4.49. The van der Waals surface area contributed by atoms with E-state index in [1.54, 1.807) is 24.3 Å². The second-order valence-electron chi connectivity index (χ2n) is 6.34. The van der Waals surface area contributed by atoms with Crippen LogP contribution in [0.2, 0.25) is 5.02 Å². The molecule has 1 heterocycles. The number of carbonyl (C=O) groups excluding carboxylic acids is 2. The SMILES string of the molecule is COC(=O)CC(NC(=O)c1cc2ccc(C(F)(F)F)cc2[nH]1)c1cccc(Cl)c1. The number of hydrogen-bond donors (Lipinski definition) is 2. The number of benzene rings is 2. The van der Waals surface area contributed by atoms with E-state index in [4.69, 9.17) is 11.6 Å². The molecule has 2 aromatic carbocycles. The molecule has 2 N–H and O–H groups in total. The third-order valence-corrected chi connectivity index (χ3v) is 4.58. The van der Waals surface area contributed by atoms with Crippen LogP contribution in [0.5, 0.6) is 0 Å². The summed E-state index contributed by atoms with van der Waals surface area (Å²) in [7, 11) is 1.23. The van der Waals surface area contributed by atoms with E-state index < -0.39 is 29.7 Å². The summed E-state index contributed by atoms with van der Waals surface area (Å²) in [5.74, 6) is -1.12. The van der Waals surface area contributed by atoms with Crippen molar-refractivity contribution in [3.05, 3.63) is 70.4 Å². The van der Waals surface area contributed by atoms with E-state index in [0.717, 1.165) is 12.1 Å². The topological polar surface area (TPSA) is 71.2 Å². The predicted octanol–water partition coefficient (Wildman–Crippen LogP) is 4.87. The normalized spacial score (nSPS) is 12.6. The number of alkyl halides is 3. The van der Waals surface area contributed by atoms with E-state index in [1.165, 1.54) is 19.2 Å². The first-order valence-electron chi connectivity index (χ1n) is 8.50. The molecule has 5 nitrogen and oxygen atoms in total. The molecule has 0 aliphatic heterocycles. The van der Waals surface area contributed by atoms with Gasteiger partial charge in [-0.25, -0.2) is 0 Å². The second kappa shape index (κ2) is 8.16. The van der Waals surface area contributed by atoms with Crippen molar-refractivity contribution in [1.29, 1.82) is 0 Å². The number of rotatable bonds is 5. The number of amides is 1. The largest absolute Gasteiger partial charge is 0.469 e. The highest BCUT2D eigenvalue weighted by Crippen LogP contribution is 2.31. The molecule has 0 aliphatic carbocycles. The molecule has 0 spiro atoms. The molecule has 0 saturated heterocycles. The molecular formula is C20H16ClF3N2O3. The van der Waals surface area contributed by atoms with Gasteiger partial charge in [0, 0.05) is 15.9 Å².